The standard InChI is InChI=1S/C20H17F2N3O/c1-12-3-4-13(2)18(9-12)25-19-8-5-14(11-23-19)20(26)24-15-6-7-16(21)17(22)10-15/h3-11H,1-2H3,(H,23,25)(H,24,26). The molecular formula is C20H17F2N3O. The molecule has 4 nitrogen and oxygen atoms in total. The number of aryl methyl sites for hydroxylation is 2. The number of hydrogen-bond donors (Lipinski definition) is 2. The molecule has 3 rings (SSSR count). The van der Waals surface area contributed by atoms with Crippen LogP contribution in [-0.4, -0.2) is 10.9 Å². The Labute approximate surface area is 149 Å². The van der Waals surface area contributed by atoms with E-state index in [2.05, 4.69) is 15.6 Å². The van der Waals surface area contributed by atoms with Crippen LogP contribution in [-0.2, 0) is 0 Å². The molecule has 1 aromatic heterocycles. The lowest BCUT2D eigenvalue weighted by atomic mass is 10.1. The van der Waals surface area contributed by atoms with E-state index < -0.39 is 17.5 Å². The highest BCUT2D eigenvalue weighted by atomic mass is 19.2. The molecule has 1 amide bonds. The van der Waals surface area contributed by atoms with Gasteiger partial charge in [0.25, 0.3) is 5.91 Å². The molecular weight excluding hydrogens is 336 g/mol. The summed E-state index contributed by atoms with van der Waals surface area (Å²) in [7, 11) is 0. The maximum absolute atomic E-state index is 13.2. The number of carbonyl (C=O) groups excluding carboxylic acids is 1. The Morgan fingerprint density at radius 3 is 2.46 bits per heavy atom. The lowest BCUT2D eigenvalue weighted by Crippen LogP contribution is -2.12. The van der Waals surface area contributed by atoms with E-state index in [1.807, 2.05) is 32.0 Å². The van der Waals surface area contributed by atoms with E-state index in [-0.39, 0.29) is 5.69 Å². The molecule has 0 saturated carbocycles. The minimum atomic E-state index is -1.02. The monoisotopic (exact) mass is 353 g/mol. The molecule has 0 fully saturated rings. The molecule has 0 atom stereocenters. The summed E-state index contributed by atoms with van der Waals surface area (Å²) in [6.45, 7) is 4.00. The van der Waals surface area contributed by atoms with E-state index in [0.717, 1.165) is 28.9 Å². The summed E-state index contributed by atoms with van der Waals surface area (Å²) in [5, 5.41) is 5.71. The van der Waals surface area contributed by atoms with E-state index in [4.69, 9.17) is 0 Å². The van der Waals surface area contributed by atoms with Gasteiger partial charge < -0.3 is 10.6 Å². The van der Waals surface area contributed by atoms with Crippen molar-refractivity contribution in [3.8, 4) is 0 Å². The van der Waals surface area contributed by atoms with Gasteiger partial charge in [-0.05, 0) is 55.3 Å². The number of nitrogens with zero attached hydrogens (tertiary/aromatic N) is 1. The van der Waals surface area contributed by atoms with Gasteiger partial charge in [-0.1, -0.05) is 12.1 Å². The minimum absolute atomic E-state index is 0.173. The normalized spacial score (nSPS) is 10.5. The van der Waals surface area contributed by atoms with E-state index >= 15 is 0 Å². The maximum atomic E-state index is 13.2. The number of amides is 1. The van der Waals surface area contributed by atoms with Crippen LogP contribution in [0.15, 0.2) is 54.7 Å². The average molecular weight is 353 g/mol. The fourth-order valence-corrected chi connectivity index (χ4v) is 2.39. The first-order valence-electron chi connectivity index (χ1n) is 7.99. The fourth-order valence-electron chi connectivity index (χ4n) is 2.39. The van der Waals surface area contributed by atoms with Gasteiger partial charge in [0.05, 0.1) is 5.56 Å². The summed E-state index contributed by atoms with van der Waals surface area (Å²) >= 11 is 0. The number of carbonyl (C=O) groups is 1. The predicted molar refractivity (Wildman–Crippen MR) is 97.7 cm³/mol. The third kappa shape index (κ3) is 4.03. The highest BCUT2D eigenvalue weighted by Crippen LogP contribution is 2.21. The van der Waals surface area contributed by atoms with Crippen molar-refractivity contribution in [2.45, 2.75) is 13.8 Å². The molecule has 0 bridgehead atoms. The van der Waals surface area contributed by atoms with Gasteiger partial charge in [-0.15, -0.1) is 0 Å². The van der Waals surface area contributed by atoms with E-state index in [1.165, 1.54) is 12.3 Å². The van der Waals surface area contributed by atoms with Crippen LogP contribution in [0.1, 0.15) is 21.5 Å². The lowest BCUT2D eigenvalue weighted by molar-refractivity contribution is 0.102. The van der Waals surface area contributed by atoms with Gasteiger partial charge in [0.2, 0.25) is 0 Å². The number of anilines is 3. The van der Waals surface area contributed by atoms with Crippen molar-refractivity contribution in [2.75, 3.05) is 10.6 Å². The first-order valence-corrected chi connectivity index (χ1v) is 7.99. The molecule has 6 heteroatoms. The second kappa shape index (κ2) is 7.31. The number of pyridine rings is 1. The first kappa shape index (κ1) is 17.5. The van der Waals surface area contributed by atoms with Crippen LogP contribution >= 0.6 is 0 Å². The molecule has 0 saturated heterocycles. The smallest absolute Gasteiger partial charge is 0.257 e. The summed E-state index contributed by atoms with van der Waals surface area (Å²) < 4.78 is 26.1. The zero-order valence-corrected chi connectivity index (χ0v) is 14.3. The van der Waals surface area contributed by atoms with Crippen molar-refractivity contribution >= 4 is 23.1 Å². The van der Waals surface area contributed by atoms with Gasteiger partial charge in [0, 0.05) is 23.6 Å². The molecule has 2 aromatic carbocycles. The third-order valence-corrected chi connectivity index (χ3v) is 3.86. The Balaban J connectivity index is 1.71. The average Bonchev–Trinajstić information content (AvgIpc) is 2.62. The Morgan fingerprint density at radius 1 is 0.962 bits per heavy atom. The van der Waals surface area contributed by atoms with Crippen LogP contribution in [0.3, 0.4) is 0 Å². The topological polar surface area (TPSA) is 54.0 Å². The predicted octanol–water partition coefficient (Wildman–Crippen LogP) is 4.97. The van der Waals surface area contributed by atoms with Crippen LogP contribution in [0.4, 0.5) is 26.0 Å². The van der Waals surface area contributed by atoms with E-state index in [1.54, 1.807) is 12.1 Å². The SMILES string of the molecule is Cc1ccc(C)c(Nc2ccc(C(=O)Nc3ccc(F)c(F)c3)cn2)c1. The molecule has 0 aliphatic rings. The number of benzene rings is 2. The van der Waals surface area contributed by atoms with Crippen LogP contribution in [0.2, 0.25) is 0 Å². The summed E-state index contributed by atoms with van der Waals surface area (Å²) in [4.78, 5) is 16.4. The molecule has 0 spiro atoms. The molecule has 0 unspecified atom stereocenters. The molecule has 132 valence electrons. The van der Waals surface area contributed by atoms with Crippen LogP contribution < -0.4 is 10.6 Å². The maximum Gasteiger partial charge on any atom is 0.257 e. The number of hydrogen-bond acceptors (Lipinski definition) is 3. The molecule has 0 aliphatic carbocycles. The fraction of sp³-hybridized carbons (Fsp3) is 0.100. The summed E-state index contributed by atoms with van der Waals surface area (Å²) in [6, 6.07) is 12.5. The number of halogens is 2. The summed E-state index contributed by atoms with van der Waals surface area (Å²) in [5.41, 5.74) is 3.63. The van der Waals surface area contributed by atoms with E-state index in [9.17, 15) is 13.6 Å². The Morgan fingerprint density at radius 2 is 1.77 bits per heavy atom. The summed E-state index contributed by atoms with van der Waals surface area (Å²) in [6.07, 6.45) is 1.42. The van der Waals surface area contributed by atoms with Crippen LogP contribution in [0.25, 0.3) is 0 Å². The van der Waals surface area contributed by atoms with Crippen molar-refractivity contribution in [1.82, 2.24) is 4.98 Å². The Kier molecular flexibility index (Phi) is 4.93. The van der Waals surface area contributed by atoms with Gasteiger partial charge in [-0.3, -0.25) is 4.79 Å². The number of rotatable bonds is 4. The quantitative estimate of drug-likeness (QED) is 0.696. The number of aromatic nitrogens is 1. The Bertz CT molecular complexity index is 956. The van der Waals surface area contributed by atoms with Gasteiger partial charge in [-0.25, -0.2) is 13.8 Å². The van der Waals surface area contributed by atoms with Crippen molar-refractivity contribution < 1.29 is 13.6 Å². The zero-order chi connectivity index (χ0) is 18.7. The first-order chi connectivity index (χ1) is 12.4. The second-order valence-electron chi connectivity index (χ2n) is 5.96. The van der Waals surface area contributed by atoms with Gasteiger partial charge >= 0.3 is 0 Å². The van der Waals surface area contributed by atoms with Crippen molar-refractivity contribution in [3.63, 3.8) is 0 Å². The van der Waals surface area contributed by atoms with Gasteiger partial charge in [0.1, 0.15) is 5.82 Å². The molecule has 1 heterocycles. The van der Waals surface area contributed by atoms with Crippen molar-refractivity contribution in [1.29, 1.82) is 0 Å². The highest BCUT2D eigenvalue weighted by molar-refractivity contribution is 6.04. The van der Waals surface area contributed by atoms with Crippen LogP contribution in [0.5, 0.6) is 0 Å². The highest BCUT2D eigenvalue weighted by Gasteiger charge is 2.09. The minimum Gasteiger partial charge on any atom is -0.340 e. The molecule has 26 heavy (non-hydrogen) atoms. The molecule has 2 N–H and O–H groups in total. The summed E-state index contributed by atoms with van der Waals surface area (Å²) in [5.74, 6) is -1.84. The molecule has 0 aliphatic heterocycles. The van der Waals surface area contributed by atoms with Crippen LogP contribution in [0, 0.1) is 25.5 Å². The zero-order valence-electron chi connectivity index (χ0n) is 14.3. The molecule has 0 radical (unpaired) electrons. The second-order valence-corrected chi connectivity index (χ2v) is 5.96. The van der Waals surface area contributed by atoms with Crippen molar-refractivity contribution in [3.05, 3.63) is 83.1 Å². The number of nitrogens with one attached hydrogen (secondary N) is 2. The molecule has 3 aromatic rings. The van der Waals surface area contributed by atoms with E-state index in [0.29, 0.717) is 11.4 Å². The van der Waals surface area contributed by atoms with Gasteiger partial charge in [0.15, 0.2) is 11.6 Å². The lowest BCUT2D eigenvalue weighted by Gasteiger charge is -2.10. The Hall–Kier alpha value is -3.28. The van der Waals surface area contributed by atoms with Gasteiger partial charge in [-0.2, -0.15) is 0 Å². The third-order valence-electron chi connectivity index (χ3n) is 3.86. The largest absolute Gasteiger partial charge is 0.340 e. The van der Waals surface area contributed by atoms with Crippen molar-refractivity contribution in [2.24, 2.45) is 0 Å².